The van der Waals surface area contributed by atoms with Gasteiger partial charge in [0.05, 0.1) is 21.6 Å². The van der Waals surface area contributed by atoms with Gasteiger partial charge in [-0.1, -0.05) is 23.2 Å². The zero-order valence-electron chi connectivity index (χ0n) is 13.2. The van der Waals surface area contributed by atoms with E-state index >= 15 is 0 Å². The molecule has 0 aliphatic carbocycles. The molecule has 0 N–H and O–H groups in total. The van der Waals surface area contributed by atoms with Crippen LogP contribution in [0.15, 0.2) is 18.2 Å². The lowest BCUT2D eigenvalue weighted by Gasteiger charge is -2.36. The Bertz CT molecular complexity index is 731. The number of carbonyl (C=O) groups excluding carboxylic acids is 1. The van der Waals surface area contributed by atoms with Gasteiger partial charge < -0.3 is 9.80 Å². The molecule has 0 saturated carbocycles. The van der Waals surface area contributed by atoms with Gasteiger partial charge in [-0.05, 0) is 30.5 Å². The lowest BCUT2D eigenvalue weighted by Crippen LogP contribution is -2.49. The van der Waals surface area contributed by atoms with Crippen molar-refractivity contribution in [2.24, 2.45) is 5.92 Å². The highest BCUT2D eigenvalue weighted by Gasteiger charge is 2.31. The third kappa shape index (κ3) is 4.16. The minimum absolute atomic E-state index is 0.0180. The molecule has 0 unspecified atom stereocenters. The van der Waals surface area contributed by atoms with E-state index in [0.717, 1.165) is 18.8 Å². The number of anilines is 1. The maximum absolute atomic E-state index is 12.4. The maximum Gasteiger partial charge on any atom is 0.223 e. The molecule has 3 rings (SSSR count). The van der Waals surface area contributed by atoms with E-state index in [1.165, 1.54) is 0 Å². The fourth-order valence-electron chi connectivity index (χ4n) is 3.30. The van der Waals surface area contributed by atoms with E-state index in [-0.39, 0.29) is 23.3 Å². The first-order chi connectivity index (χ1) is 11.3. The van der Waals surface area contributed by atoms with Crippen LogP contribution in [0.3, 0.4) is 0 Å². The average molecular weight is 391 g/mol. The second kappa shape index (κ2) is 7.10. The van der Waals surface area contributed by atoms with Crippen molar-refractivity contribution in [3.05, 3.63) is 28.2 Å². The van der Waals surface area contributed by atoms with Gasteiger partial charge in [0.1, 0.15) is 0 Å². The number of sulfone groups is 1. The Hall–Kier alpha value is -0.980. The van der Waals surface area contributed by atoms with E-state index in [2.05, 4.69) is 4.90 Å². The van der Waals surface area contributed by atoms with Crippen LogP contribution in [0.2, 0.25) is 10.0 Å². The van der Waals surface area contributed by atoms with Gasteiger partial charge in [-0.3, -0.25) is 4.79 Å². The average Bonchev–Trinajstić information content (AvgIpc) is 2.89. The number of nitrogens with zero attached hydrogens (tertiary/aromatic N) is 2. The van der Waals surface area contributed by atoms with Crippen LogP contribution in [-0.2, 0) is 14.6 Å². The first kappa shape index (κ1) is 17.8. The lowest BCUT2D eigenvalue weighted by molar-refractivity contribution is -0.132. The molecular formula is C16H20Cl2N2O3S. The molecule has 2 aliphatic heterocycles. The van der Waals surface area contributed by atoms with Crippen molar-refractivity contribution in [1.82, 2.24) is 4.90 Å². The zero-order valence-corrected chi connectivity index (χ0v) is 15.6. The summed E-state index contributed by atoms with van der Waals surface area (Å²) in [6, 6.07) is 5.54. The van der Waals surface area contributed by atoms with Crippen LogP contribution in [0.1, 0.15) is 12.8 Å². The van der Waals surface area contributed by atoms with Crippen molar-refractivity contribution < 1.29 is 13.2 Å². The smallest absolute Gasteiger partial charge is 0.223 e. The highest BCUT2D eigenvalue weighted by Crippen LogP contribution is 2.28. The summed E-state index contributed by atoms with van der Waals surface area (Å²) in [6.07, 6.45) is 0.948. The van der Waals surface area contributed by atoms with Gasteiger partial charge in [0, 0.05) is 38.3 Å². The number of piperazine rings is 1. The topological polar surface area (TPSA) is 57.7 Å². The number of hydrogen-bond acceptors (Lipinski definition) is 4. The summed E-state index contributed by atoms with van der Waals surface area (Å²) in [5.41, 5.74) is 0.999. The third-order valence-corrected chi connectivity index (χ3v) is 7.27. The summed E-state index contributed by atoms with van der Waals surface area (Å²) in [4.78, 5) is 16.4. The molecule has 8 heteroatoms. The highest BCUT2D eigenvalue weighted by molar-refractivity contribution is 7.91. The molecule has 2 fully saturated rings. The number of hydrogen-bond donors (Lipinski definition) is 0. The zero-order chi connectivity index (χ0) is 17.3. The molecule has 2 heterocycles. The minimum atomic E-state index is -2.93. The molecule has 2 aliphatic rings. The van der Waals surface area contributed by atoms with Crippen molar-refractivity contribution in [3.63, 3.8) is 0 Å². The van der Waals surface area contributed by atoms with Gasteiger partial charge in [-0.2, -0.15) is 0 Å². The summed E-state index contributed by atoms with van der Waals surface area (Å²) < 4.78 is 23.0. The summed E-state index contributed by atoms with van der Waals surface area (Å²) in [7, 11) is -2.93. The van der Waals surface area contributed by atoms with E-state index in [9.17, 15) is 13.2 Å². The Morgan fingerprint density at radius 3 is 2.42 bits per heavy atom. The van der Waals surface area contributed by atoms with Crippen molar-refractivity contribution >= 4 is 44.6 Å². The Kier molecular flexibility index (Phi) is 5.27. The first-order valence-electron chi connectivity index (χ1n) is 8.02. The van der Waals surface area contributed by atoms with Crippen LogP contribution in [0.4, 0.5) is 5.69 Å². The monoisotopic (exact) mass is 390 g/mol. The van der Waals surface area contributed by atoms with Crippen LogP contribution < -0.4 is 4.90 Å². The lowest BCUT2D eigenvalue weighted by atomic mass is 10.0. The number of amides is 1. The standard InChI is InChI=1S/C16H20Cl2N2O3S/c17-14-2-1-13(10-15(14)18)19-4-6-20(7-5-19)16(21)9-12-3-8-24(22,23)11-12/h1-2,10,12H,3-9,11H2/t12-/m0/s1. The van der Waals surface area contributed by atoms with Crippen molar-refractivity contribution in [3.8, 4) is 0 Å². The number of rotatable bonds is 3. The summed E-state index contributed by atoms with van der Waals surface area (Å²) in [5, 5.41) is 1.05. The molecule has 0 spiro atoms. The molecule has 1 atom stereocenters. The summed E-state index contributed by atoms with van der Waals surface area (Å²) in [5.74, 6) is 0.416. The molecule has 1 aromatic carbocycles. The van der Waals surface area contributed by atoms with E-state index in [1.807, 2.05) is 17.0 Å². The number of benzene rings is 1. The molecule has 5 nitrogen and oxygen atoms in total. The predicted molar refractivity (Wildman–Crippen MR) is 96.6 cm³/mol. The van der Waals surface area contributed by atoms with Gasteiger partial charge in [-0.25, -0.2) is 8.42 Å². The normalized spacial score (nSPS) is 23.5. The second-order valence-electron chi connectivity index (χ2n) is 6.44. The van der Waals surface area contributed by atoms with Gasteiger partial charge in [-0.15, -0.1) is 0 Å². The van der Waals surface area contributed by atoms with Gasteiger partial charge in [0.2, 0.25) is 5.91 Å². The van der Waals surface area contributed by atoms with Crippen molar-refractivity contribution in [2.45, 2.75) is 12.8 Å². The van der Waals surface area contributed by atoms with Crippen LogP contribution in [-0.4, -0.2) is 56.9 Å². The van der Waals surface area contributed by atoms with Crippen LogP contribution in [0.25, 0.3) is 0 Å². The molecular weight excluding hydrogens is 371 g/mol. The summed E-state index contributed by atoms with van der Waals surface area (Å²) >= 11 is 12.0. The van der Waals surface area contributed by atoms with Gasteiger partial charge >= 0.3 is 0 Å². The van der Waals surface area contributed by atoms with Crippen molar-refractivity contribution in [2.75, 3.05) is 42.6 Å². The highest BCUT2D eigenvalue weighted by atomic mass is 35.5. The van der Waals surface area contributed by atoms with Crippen LogP contribution >= 0.6 is 23.2 Å². The molecule has 24 heavy (non-hydrogen) atoms. The van der Waals surface area contributed by atoms with Crippen LogP contribution in [0, 0.1) is 5.92 Å². The first-order valence-corrected chi connectivity index (χ1v) is 10.6. The molecule has 132 valence electrons. The van der Waals surface area contributed by atoms with E-state index in [4.69, 9.17) is 23.2 Å². The minimum Gasteiger partial charge on any atom is -0.368 e. The largest absolute Gasteiger partial charge is 0.368 e. The van der Waals surface area contributed by atoms with E-state index in [1.54, 1.807) is 6.07 Å². The molecule has 1 amide bonds. The quantitative estimate of drug-likeness (QED) is 0.795. The Balaban J connectivity index is 1.53. The van der Waals surface area contributed by atoms with E-state index < -0.39 is 9.84 Å². The molecule has 1 aromatic rings. The predicted octanol–water partition coefficient (Wildman–Crippen LogP) is 2.47. The van der Waals surface area contributed by atoms with Crippen molar-refractivity contribution in [1.29, 1.82) is 0 Å². The van der Waals surface area contributed by atoms with Crippen LogP contribution in [0.5, 0.6) is 0 Å². The Morgan fingerprint density at radius 2 is 1.83 bits per heavy atom. The molecule has 0 aromatic heterocycles. The number of halogens is 2. The third-order valence-electron chi connectivity index (χ3n) is 4.69. The Morgan fingerprint density at radius 1 is 1.12 bits per heavy atom. The molecule has 0 bridgehead atoms. The van der Waals surface area contributed by atoms with E-state index in [0.29, 0.717) is 36.0 Å². The maximum atomic E-state index is 12.4. The fourth-order valence-corrected chi connectivity index (χ4v) is 5.46. The van der Waals surface area contributed by atoms with Gasteiger partial charge in [0.15, 0.2) is 9.84 Å². The number of carbonyl (C=O) groups is 1. The molecule has 0 radical (unpaired) electrons. The molecule has 2 saturated heterocycles. The van der Waals surface area contributed by atoms with Gasteiger partial charge in [0.25, 0.3) is 0 Å². The SMILES string of the molecule is O=C(C[C@@H]1CCS(=O)(=O)C1)N1CCN(c2ccc(Cl)c(Cl)c2)CC1. The summed E-state index contributed by atoms with van der Waals surface area (Å²) in [6.45, 7) is 2.73. The Labute approximate surface area is 152 Å². The second-order valence-corrected chi connectivity index (χ2v) is 9.48. The fraction of sp³-hybridized carbons (Fsp3) is 0.562.